The van der Waals surface area contributed by atoms with Gasteiger partial charge in [-0.3, -0.25) is 4.79 Å². The Morgan fingerprint density at radius 2 is 1.74 bits per heavy atom. The lowest BCUT2D eigenvalue weighted by Crippen LogP contribution is -2.39. The molecule has 10 heteroatoms. The van der Waals surface area contributed by atoms with Gasteiger partial charge in [-0.05, 0) is 51.2 Å². The standard InChI is InChI=1S/C23H25F3N6O.C2H6/c1-15-14-32-20(28-21(15)30-10-4-5-11-30)13-17(29-32)18-8-2-3-12-31(18)22(33)16-7-6-9-19(27-16)23(24,25)26;1-2/h6-7,9,13-14,18H,2-5,8,10-12H2,1H3;1-2H3/t18-;/m0./s1. The lowest BCUT2D eigenvalue weighted by Gasteiger charge is -2.34. The maximum atomic E-state index is 13.2. The van der Waals surface area contributed by atoms with Crippen LogP contribution < -0.4 is 4.90 Å². The van der Waals surface area contributed by atoms with E-state index in [-0.39, 0.29) is 11.7 Å². The number of aryl methyl sites for hydroxylation is 1. The maximum Gasteiger partial charge on any atom is 0.433 e. The number of fused-ring (bicyclic) bond motifs is 1. The van der Waals surface area contributed by atoms with Crippen molar-refractivity contribution in [2.24, 2.45) is 0 Å². The number of aromatic nitrogens is 4. The van der Waals surface area contributed by atoms with E-state index in [1.165, 1.54) is 12.1 Å². The van der Waals surface area contributed by atoms with Crippen LogP contribution in [-0.2, 0) is 6.18 Å². The molecule has 0 aromatic carbocycles. The summed E-state index contributed by atoms with van der Waals surface area (Å²) in [7, 11) is 0. The van der Waals surface area contributed by atoms with Gasteiger partial charge in [0.1, 0.15) is 17.2 Å². The molecule has 7 nitrogen and oxygen atoms in total. The number of hydrogen-bond donors (Lipinski definition) is 0. The molecule has 0 aliphatic carbocycles. The fourth-order valence-electron chi connectivity index (χ4n) is 4.77. The van der Waals surface area contributed by atoms with Crippen molar-refractivity contribution in [2.45, 2.75) is 65.1 Å². The van der Waals surface area contributed by atoms with Gasteiger partial charge in [0.15, 0.2) is 5.65 Å². The summed E-state index contributed by atoms with van der Waals surface area (Å²) in [6.45, 7) is 8.43. The lowest BCUT2D eigenvalue weighted by molar-refractivity contribution is -0.141. The van der Waals surface area contributed by atoms with Crippen LogP contribution in [0.5, 0.6) is 0 Å². The van der Waals surface area contributed by atoms with Crippen LogP contribution in [0.2, 0.25) is 0 Å². The number of anilines is 1. The first kappa shape index (κ1) is 24.9. The van der Waals surface area contributed by atoms with E-state index in [2.05, 4.69) is 15.0 Å². The zero-order chi connectivity index (χ0) is 25.2. The van der Waals surface area contributed by atoms with Crippen molar-refractivity contribution in [3.8, 4) is 0 Å². The average Bonchev–Trinajstić information content (AvgIpc) is 3.54. The van der Waals surface area contributed by atoms with Crippen LogP contribution >= 0.6 is 0 Å². The molecule has 188 valence electrons. The van der Waals surface area contributed by atoms with Crippen LogP contribution in [0.15, 0.2) is 30.5 Å². The van der Waals surface area contributed by atoms with Gasteiger partial charge < -0.3 is 9.80 Å². The number of alkyl halides is 3. The number of pyridine rings is 1. The molecule has 0 radical (unpaired) electrons. The molecule has 2 aliphatic heterocycles. The topological polar surface area (TPSA) is 66.6 Å². The van der Waals surface area contributed by atoms with Crippen LogP contribution in [0.25, 0.3) is 5.65 Å². The molecule has 2 aliphatic rings. The van der Waals surface area contributed by atoms with Crippen molar-refractivity contribution in [3.05, 3.63) is 53.1 Å². The quantitative estimate of drug-likeness (QED) is 0.491. The van der Waals surface area contributed by atoms with Crippen molar-refractivity contribution in [3.63, 3.8) is 0 Å². The summed E-state index contributed by atoms with van der Waals surface area (Å²) >= 11 is 0. The summed E-state index contributed by atoms with van der Waals surface area (Å²) in [5, 5.41) is 4.69. The monoisotopic (exact) mass is 488 g/mol. The van der Waals surface area contributed by atoms with Crippen molar-refractivity contribution < 1.29 is 18.0 Å². The second kappa shape index (κ2) is 10.2. The van der Waals surface area contributed by atoms with Gasteiger partial charge in [-0.2, -0.15) is 18.3 Å². The van der Waals surface area contributed by atoms with Crippen LogP contribution in [0.1, 0.15) is 79.4 Å². The Kier molecular flexibility index (Phi) is 7.28. The summed E-state index contributed by atoms with van der Waals surface area (Å²) in [5.41, 5.74) is 1.16. The third-order valence-electron chi connectivity index (χ3n) is 6.39. The average molecular weight is 489 g/mol. The zero-order valence-corrected chi connectivity index (χ0v) is 20.3. The summed E-state index contributed by atoms with van der Waals surface area (Å²) < 4.78 is 41.0. The Labute approximate surface area is 203 Å². The second-order valence-corrected chi connectivity index (χ2v) is 8.73. The molecule has 0 spiro atoms. The number of piperidine rings is 1. The van der Waals surface area contributed by atoms with Gasteiger partial charge in [0.25, 0.3) is 5.91 Å². The number of hydrogen-bond acceptors (Lipinski definition) is 5. The molecular formula is C25H31F3N6O. The fraction of sp³-hybridized carbons (Fsp3) is 0.520. The van der Waals surface area contributed by atoms with Gasteiger partial charge in [0.05, 0.1) is 11.7 Å². The van der Waals surface area contributed by atoms with Gasteiger partial charge in [-0.1, -0.05) is 19.9 Å². The van der Waals surface area contributed by atoms with E-state index in [0.717, 1.165) is 56.2 Å². The molecule has 0 unspecified atom stereocenters. The third-order valence-corrected chi connectivity index (χ3v) is 6.39. The first-order valence-corrected chi connectivity index (χ1v) is 12.3. The molecule has 2 fully saturated rings. The summed E-state index contributed by atoms with van der Waals surface area (Å²) in [6, 6.07) is 4.98. The number of carbonyl (C=O) groups excluding carboxylic acids is 1. The maximum absolute atomic E-state index is 13.2. The Bertz CT molecular complexity index is 1190. The number of likely N-dealkylation sites (tertiary alicyclic amines) is 1. The molecule has 0 saturated carbocycles. The predicted molar refractivity (Wildman–Crippen MR) is 127 cm³/mol. The van der Waals surface area contributed by atoms with E-state index < -0.39 is 17.8 Å². The first-order valence-electron chi connectivity index (χ1n) is 12.3. The third kappa shape index (κ3) is 5.11. The Balaban J connectivity index is 0.00000141. The van der Waals surface area contributed by atoms with E-state index in [1.807, 2.05) is 33.0 Å². The molecule has 0 bridgehead atoms. The second-order valence-electron chi connectivity index (χ2n) is 8.73. The molecule has 5 heterocycles. The smallest absolute Gasteiger partial charge is 0.356 e. The van der Waals surface area contributed by atoms with Crippen molar-refractivity contribution >= 4 is 17.4 Å². The van der Waals surface area contributed by atoms with E-state index in [1.54, 1.807) is 9.42 Å². The molecule has 5 rings (SSSR count). The molecule has 35 heavy (non-hydrogen) atoms. The number of carbonyl (C=O) groups is 1. The largest absolute Gasteiger partial charge is 0.433 e. The van der Waals surface area contributed by atoms with E-state index in [9.17, 15) is 18.0 Å². The van der Waals surface area contributed by atoms with Crippen molar-refractivity contribution in [1.29, 1.82) is 0 Å². The highest BCUT2D eigenvalue weighted by atomic mass is 19.4. The van der Waals surface area contributed by atoms with Gasteiger partial charge in [0, 0.05) is 37.5 Å². The van der Waals surface area contributed by atoms with Crippen LogP contribution in [0, 0.1) is 6.92 Å². The summed E-state index contributed by atoms with van der Waals surface area (Å²) in [4.78, 5) is 25.5. The van der Waals surface area contributed by atoms with Crippen molar-refractivity contribution in [1.82, 2.24) is 24.5 Å². The zero-order valence-electron chi connectivity index (χ0n) is 20.3. The van der Waals surface area contributed by atoms with E-state index >= 15 is 0 Å². The number of rotatable bonds is 3. The van der Waals surface area contributed by atoms with E-state index in [0.29, 0.717) is 24.3 Å². The molecule has 1 amide bonds. The van der Waals surface area contributed by atoms with E-state index in [4.69, 9.17) is 4.98 Å². The number of amides is 1. The van der Waals surface area contributed by atoms with Gasteiger partial charge in [0.2, 0.25) is 0 Å². The summed E-state index contributed by atoms with van der Waals surface area (Å²) in [6.07, 6.45) is 2.03. The highest BCUT2D eigenvalue weighted by Crippen LogP contribution is 2.33. The van der Waals surface area contributed by atoms with Gasteiger partial charge in [-0.15, -0.1) is 0 Å². The lowest BCUT2D eigenvalue weighted by atomic mass is 9.99. The molecule has 1 atom stereocenters. The highest BCUT2D eigenvalue weighted by molar-refractivity contribution is 5.92. The van der Waals surface area contributed by atoms with Crippen LogP contribution in [0.4, 0.5) is 19.0 Å². The molecular weight excluding hydrogens is 457 g/mol. The minimum Gasteiger partial charge on any atom is -0.356 e. The minimum absolute atomic E-state index is 0.203. The van der Waals surface area contributed by atoms with Gasteiger partial charge in [-0.25, -0.2) is 14.5 Å². The first-order chi connectivity index (χ1) is 16.8. The minimum atomic E-state index is -4.60. The van der Waals surface area contributed by atoms with Crippen molar-refractivity contribution in [2.75, 3.05) is 24.5 Å². The number of halogens is 3. The molecule has 3 aromatic heterocycles. The predicted octanol–water partition coefficient (Wildman–Crippen LogP) is 5.45. The summed E-state index contributed by atoms with van der Waals surface area (Å²) in [5.74, 6) is 0.445. The Hall–Kier alpha value is -3.17. The fourth-order valence-corrected chi connectivity index (χ4v) is 4.77. The Morgan fingerprint density at radius 3 is 2.46 bits per heavy atom. The number of nitrogens with zero attached hydrogens (tertiary/aromatic N) is 6. The highest BCUT2D eigenvalue weighted by Gasteiger charge is 2.35. The van der Waals surface area contributed by atoms with Crippen LogP contribution in [0.3, 0.4) is 0 Å². The molecule has 2 saturated heterocycles. The van der Waals surface area contributed by atoms with Crippen LogP contribution in [-0.4, -0.2) is 50.0 Å². The molecule has 0 N–H and O–H groups in total. The normalized spacial score (nSPS) is 18.5. The Morgan fingerprint density at radius 1 is 1.03 bits per heavy atom. The van der Waals surface area contributed by atoms with Gasteiger partial charge >= 0.3 is 6.18 Å². The molecule has 3 aromatic rings. The SMILES string of the molecule is CC.Cc1cn2nc([C@@H]3CCCCN3C(=O)c3cccc(C(F)(F)F)n3)cc2nc1N1CCCC1.